The second kappa shape index (κ2) is 8.61. The van der Waals surface area contributed by atoms with Gasteiger partial charge in [-0.05, 0) is 12.8 Å². The van der Waals surface area contributed by atoms with Gasteiger partial charge in [0.05, 0.1) is 30.2 Å². The standard InChI is InChI=1S/C18H24F2N2O7S/c1-28-11-18(24)3-5-21(6-4-18)16-14(19)8-12(9-15(16)20)22-10-13(29-17(22)23)2-7-30(25,26)27/h8-9,13,24H,2-7,10-11H2,1H3,(H,25,26,27)/t13-/m1/s1. The number of amides is 1. The van der Waals surface area contributed by atoms with Crippen molar-refractivity contribution in [2.45, 2.75) is 31.0 Å². The number of hydrogen-bond donors (Lipinski definition) is 2. The van der Waals surface area contributed by atoms with E-state index < -0.39 is 45.3 Å². The first-order chi connectivity index (χ1) is 14.0. The Hall–Kier alpha value is -2.02. The van der Waals surface area contributed by atoms with Crippen molar-refractivity contribution in [1.29, 1.82) is 0 Å². The zero-order valence-corrected chi connectivity index (χ0v) is 17.2. The Kier molecular flexibility index (Phi) is 6.51. The predicted octanol–water partition coefficient (Wildman–Crippen LogP) is 1.55. The number of benzene rings is 1. The molecule has 2 N–H and O–H groups in total. The number of cyclic esters (lactones) is 1. The van der Waals surface area contributed by atoms with E-state index in [-0.39, 0.29) is 56.9 Å². The lowest BCUT2D eigenvalue weighted by molar-refractivity contribution is -0.0473. The second-order valence-corrected chi connectivity index (χ2v) is 9.17. The lowest BCUT2D eigenvalue weighted by atomic mass is 9.92. The van der Waals surface area contributed by atoms with E-state index in [0.717, 1.165) is 17.0 Å². The summed E-state index contributed by atoms with van der Waals surface area (Å²) in [6, 6.07) is 2.03. The molecule has 2 heterocycles. The van der Waals surface area contributed by atoms with E-state index in [2.05, 4.69) is 0 Å². The Morgan fingerprint density at radius 1 is 1.27 bits per heavy atom. The Labute approximate surface area is 172 Å². The van der Waals surface area contributed by atoms with Crippen LogP contribution in [0.15, 0.2) is 12.1 Å². The number of ether oxygens (including phenoxy) is 2. The number of carbonyl (C=O) groups excluding carboxylic acids is 1. The average molecular weight is 450 g/mol. The highest BCUT2D eigenvalue weighted by Gasteiger charge is 2.36. The number of carbonyl (C=O) groups is 1. The van der Waals surface area contributed by atoms with Crippen molar-refractivity contribution in [3.05, 3.63) is 23.8 Å². The van der Waals surface area contributed by atoms with E-state index in [1.54, 1.807) is 0 Å². The molecule has 0 unspecified atom stereocenters. The number of piperidine rings is 1. The summed E-state index contributed by atoms with van der Waals surface area (Å²) in [5.41, 5.74) is -1.33. The van der Waals surface area contributed by atoms with E-state index in [9.17, 15) is 27.1 Å². The molecule has 0 aromatic heterocycles. The zero-order valence-electron chi connectivity index (χ0n) is 16.4. The summed E-state index contributed by atoms with van der Waals surface area (Å²) in [6.07, 6.45) is -1.25. The highest BCUT2D eigenvalue weighted by atomic mass is 32.2. The van der Waals surface area contributed by atoms with Crippen molar-refractivity contribution in [2.24, 2.45) is 0 Å². The third-order valence-corrected chi connectivity index (χ3v) is 6.06. The number of aliphatic hydroxyl groups is 1. The van der Waals surface area contributed by atoms with E-state index >= 15 is 0 Å². The van der Waals surface area contributed by atoms with Crippen LogP contribution in [0, 0.1) is 11.6 Å². The van der Waals surface area contributed by atoms with Crippen LogP contribution in [-0.2, 0) is 19.6 Å². The van der Waals surface area contributed by atoms with Crippen molar-refractivity contribution in [1.82, 2.24) is 0 Å². The first-order valence-corrected chi connectivity index (χ1v) is 11.0. The molecular formula is C18H24F2N2O7S. The number of halogens is 2. The van der Waals surface area contributed by atoms with Gasteiger partial charge in [0.2, 0.25) is 0 Å². The lowest BCUT2D eigenvalue weighted by Crippen LogP contribution is -2.47. The zero-order chi connectivity index (χ0) is 22.1. The lowest BCUT2D eigenvalue weighted by Gasteiger charge is -2.39. The van der Waals surface area contributed by atoms with Crippen molar-refractivity contribution in [3.63, 3.8) is 0 Å². The molecule has 30 heavy (non-hydrogen) atoms. The van der Waals surface area contributed by atoms with Crippen LogP contribution < -0.4 is 9.80 Å². The quantitative estimate of drug-likeness (QED) is 0.601. The molecule has 0 spiro atoms. The van der Waals surface area contributed by atoms with Gasteiger partial charge in [0.25, 0.3) is 10.1 Å². The summed E-state index contributed by atoms with van der Waals surface area (Å²) in [5.74, 6) is -2.32. The van der Waals surface area contributed by atoms with Crippen molar-refractivity contribution >= 4 is 27.6 Å². The Morgan fingerprint density at radius 3 is 2.40 bits per heavy atom. The van der Waals surface area contributed by atoms with Crippen molar-refractivity contribution < 1.29 is 41.1 Å². The minimum absolute atomic E-state index is 0.0546. The summed E-state index contributed by atoms with van der Waals surface area (Å²) in [5, 5.41) is 10.4. The molecule has 1 aromatic rings. The molecular weight excluding hydrogens is 426 g/mol. The number of anilines is 2. The molecule has 0 bridgehead atoms. The topological polar surface area (TPSA) is 117 Å². The normalized spacial score (nSPS) is 21.8. The van der Waals surface area contributed by atoms with Gasteiger partial charge < -0.3 is 19.5 Å². The number of hydrogen-bond acceptors (Lipinski definition) is 7. The molecule has 9 nitrogen and oxygen atoms in total. The minimum Gasteiger partial charge on any atom is -0.444 e. The van der Waals surface area contributed by atoms with Gasteiger partial charge in [0.15, 0.2) is 11.6 Å². The maximum absolute atomic E-state index is 14.8. The molecule has 1 atom stereocenters. The molecule has 2 aliphatic rings. The van der Waals surface area contributed by atoms with Gasteiger partial charge in [-0.3, -0.25) is 9.45 Å². The fourth-order valence-electron chi connectivity index (χ4n) is 3.73. The van der Waals surface area contributed by atoms with Gasteiger partial charge in [-0.1, -0.05) is 0 Å². The molecule has 0 saturated carbocycles. The Balaban J connectivity index is 1.72. The molecule has 2 aliphatic heterocycles. The number of methoxy groups -OCH3 is 1. The molecule has 0 radical (unpaired) electrons. The van der Waals surface area contributed by atoms with Crippen LogP contribution in [-0.4, -0.2) is 75.0 Å². The molecule has 0 aliphatic carbocycles. The summed E-state index contributed by atoms with van der Waals surface area (Å²) < 4.78 is 70.0. The highest BCUT2D eigenvalue weighted by Crippen LogP contribution is 2.34. The highest BCUT2D eigenvalue weighted by molar-refractivity contribution is 7.85. The maximum Gasteiger partial charge on any atom is 0.414 e. The van der Waals surface area contributed by atoms with E-state index in [1.807, 2.05) is 0 Å². The number of rotatable bonds is 7. The first-order valence-electron chi connectivity index (χ1n) is 9.40. The van der Waals surface area contributed by atoms with Crippen LogP contribution in [0.4, 0.5) is 25.0 Å². The van der Waals surface area contributed by atoms with Crippen LogP contribution in [0.2, 0.25) is 0 Å². The molecule has 2 fully saturated rings. The molecule has 3 rings (SSSR count). The Morgan fingerprint density at radius 2 is 1.87 bits per heavy atom. The third kappa shape index (κ3) is 5.17. The smallest absolute Gasteiger partial charge is 0.414 e. The van der Waals surface area contributed by atoms with Crippen molar-refractivity contribution in [2.75, 3.05) is 48.9 Å². The van der Waals surface area contributed by atoms with Gasteiger partial charge in [0.1, 0.15) is 11.8 Å². The van der Waals surface area contributed by atoms with Crippen molar-refractivity contribution in [3.8, 4) is 0 Å². The summed E-state index contributed by atoms with van der Waals surface area (Å²) in [6.45, 7) is 0.508. The van der Waals surface area contributed by atoms with E-state index in [1.165, 1.54) is 12.0 Å². The van der Waals surface area contributed by atoms with Crippen LogP contribution in [0.25, 0.3) is 0 Å². The van der Waals surface area contributed by atoms with Crippen LogP contribution >= 0.6 is 0 Å². The van der Waals surface area contributed by atoms with E-state index in [4.69, 9.17) is 14.0 Å². The van der Waals surface area contributed by atoms with Gasteiger partial charge in [-0.25, -0.2) is 13.6 Å². The van der Waals surface area contributed by atoms with Crippen LogP contribution in [0.3, 0.4) is 0 Å². The fraction of sp³-hybridized carbons (Fsp3) is 0.611. The largest absolute Gasteiger partial charge is 0.444 e. The second-order valence-electron chi connectivity index (χ2n) is 7.59. The molecule has 1 aromatic carbocycles. The Bertz CT molecular complexity index is 881. The minimum atomic E-state index is -4.22. The molecule has 1 amide bonds. The van der Waals surface area contributed by atoms with E-state index in [0.29, 0.717) is 0 Å². The van der Waals surface area contributed by atoms with Gasteiger partial charge in [-0.2, -0.15) is 8.42 Å². The number of nitrogens with zero attached hydrogens (tertiary/aromatic N) is 2. The molecule has 168 valence electrons. The predicted molar refractivity (Wildman–Crippen MR) is 103 cm³/mol. The summed E-state index contributed by atoms with van der Waals surface area (Å²) in [7, 11) is -2.74. The van der Waals surface area contributed by atoms with Crippen LogP contribution in [0.5, 0.6) is 0 Å². The summed E-state index contributed by atoms with van der Waals surface area (Å²) >= 11 is 0. The SMILES string of the molecule is COCC1(O)CCN(c2c(F)cc(N3C[C@@H](CCS(=O)(=O)O)OC3=O)cc2F)CC1. The monoisotopic (exact) mass is 450 g/mol. The van der Waals surface area contributed by atoms with Crippen LogP contribution in [0.1, 0.15) is 19.3 Å². The first kappa shape index (κ1) is 22.7. The third-order valence-electron chi connectivity index (χ3n) is 5.31. The van der Waals surface area contributed by atoms with Gasteiger partial charge in [-0.15, -0.1) is 0 Å². The average Bonchev–Trinajstić information content (AvgIpc) is 3.01. The van der Waals surface area contributed by atoms with Gasteiger partial charge >= 0.3 is 6.09 Å². The van der Waals surface area contributed by atoms with Gasteiger partial charge in [0, 0.05) is 38.8 Å². The summed E-state index contributed by atoms with van der Waals surface area (Å²) in [4.78, 5) is 14.6. The fourth-order valence-corrected chi connectivity index (χ4v) is 4.29. The maximum atomic E-state index is 14.8. The molecule has 12 heteroatoms. The molecule has 2 saturated heterocycles.